The maximum Gasteiger partial charge on any atom is 0.256 e. The molecule has 1 unspecified atom stereocenters. The molecule has 0 spiro atoms. The van der Waals surface area contributed by atoms with Gasteiger partial charge in [-0.25, -0.2) is 4.39 Å². The van der Waals surface area contributed by atoms with Gasteiger partial charge < -0.3 is 5.32 Å². The Kier molecular flexibility index (Phi) is 5.89. The van der Waals surface area contributed by atoms with Crippen LogP contribution >= 0.6 is 23.2 Å². The van der Waals surface area contributed by atoms with Crippen molar-refractivity contribution in [2.45, 2.75) is 26.3 Å². The molecule has 0 saturated heterocycles. The fourth-order valence-corrected chi connectivity index (χ4v) is 2.15. The Bertz CT molecular complexity index is 403. The Hall–Kier alpha value is -0.800. The lowest BCUT2D eigenvalue weighted by Crippen LogP contribution is -2.37. The van der Waals surface area contributed by atoms with Gasteiger partial charge in [-0.15, -0.1) is 11.6 Å². The molecule has 0 aliphatic carbocycles. The number of carbonyl (C=O) groups excluding carboxylic acids is 1. The summed E-state index contributed by atoms with van der Waals surface area (Å²) in [7, 11) is 0. The highest BCUT2D eigenvalue weighted by molar-refractivity contribution is 6.33. The summed E-state index contributed by atoms with van der Waals surface area (Å²) in [5.74, 6) is -0.469. The summed E-state index contributed by atoms with van der Waals surface area (Å²) < 4.78 is 13.5. The van der Waals surface area contributed by atoms with Crippen LogP contribution in [-0.2, 0) is 0 Å². The van der Waals surface area contributed by atoms with Crippen molar-refractivity contribution in [1.29, 1.82) is 0 Å². The summed E-state index contributed by atoms with van der Waals surface area (Å²) in [5, 5.41) is 2.80. The highest BCUT2D eigenvalue weighted by Crippen LogP contribution is 2.19. The number of hydrogen-bond acceptors (Lipinski definition) is 1. The van der Waals surface area contributed by atoms with Crippen LogP contribution in [0.1, 0.15) is 30.6 Å². The summed E-state index contributed by atoms with van der Waals surface area (Å²) in [5.41, 5.74) is -0.127. The lowest BCUT2D eigenvalue weighted by molar-refractivity contribution is 0.0933. The molecule has 1 aromatic carbocycles. The van der Waals surface area contributed by atoms with Gasteiger partial charge in [0.25, 0.3) is 5.91 Å². The van der Waals surface area contributed by atoms with Crippen LogP contribution in [0.4, 0.5) is 4.39 Å². The van der Waals surface area contributed by atoms with Crippen molar-refractivity contribution in [1.82, 2.24) is 5.32 Å². The SMILES string of the molecule is CC(C)CC(CCl)NC(=O)c1c(F)cccc1Cl. The van der Waals surface area contributed by atoms with E-state index in [0.29, 0.717) is 5.92 Å². The number of hydrogen-bond donors (Lipinski definition) is 1. The van der Waals surface area contributed by atoms with Gasteiger partial charge in [-0.05, 0) is 24.5 Å². The highest BCUT2D eigenvalue weighted by Gasteiger charge is 2.19. The molecule has 0 heterocycles. The van der Waals surface area contributed by atoms with Crippen molar-refractivity contribution in [2.24, 2.45) is 5.92 Å². The first kappa shape index (κ1) is 15.3. The third kappa shape index (κ3) is 4.14. The maximum absolute atomic E-state index is 13.5. The van der Waals surface area contributed by atoms with Gasteiger partial charge in [0.2, 0.25) is 0 Å². The second-order valence-electron chi connectivity index (χ2n) is 4.55. The van der Waals surface area contributed by atoms with Crippen LogP contribution in [-0.4, -0.2) is 17.8 Å². The molecule has 5 heteroatoms. The van der Waals surface area contributed by atoms with Gasteiger partial charge in [0.15, 0.2) is 0 Å². The molecule has 0 bridgehead atoms. The monoisotopic (exact) mass is 291 g/mol. The molecular weight excluding hydrogens is 276 g/mol. The van der Waals surface area contributed by atoms with E-state index in [1.165, 1.54) is 18.2 Å². The molecule has 1 rings (SSSR count). The Morgan fingerprint density at radius 1 is 1.44 bits per heavy atom. The maximum atomic E-state index is 13.5. The lowest BCUT2D eigenvalue weighted by atomic mass is 10.0. The second kappa shape index (κ2) is 6.95. The molecule has 0 aliphatic rings. The van der Waals surface area contributed by atoms with E-state index in [4.69, 9.17) is 23.2 Å². The zero-order valence-electron chi connectivity index (χ0n) is 10.3. The van der Waals surface area contributed by atoms with Crippen LogP contribution in [0.2, 0.25) is 5.02 Å². The smallest absolute Gasteiger partial charge is 0.256 e. The van der Waals surface area contributed by atoms with Crippen LogP contribution in [0.15, 0.2) is 18.2 Å². The third-order valence-corrected chi connectivity index (χ3v) is 3.15. The number of rotatable bonds is 5. The molecule has 0 radical (unpaired) electrons. The van der Waals surface area contributed by atoms with E-state index in [0.717, 1.165) is 6.42 Å². The molecule has 0 aliphatic heterocycles. The van der Waals surface area contributed by atoms with Crippen LogP contribution in [0.3, 0.4) is 0 Å². The second-order valence-corrected chi connectivity index (χ2v) is 5.27. The average Bonchev–Trinajstić information content (AvgIpc) is 2.27. The van der Waals surface area contributed by atoms with Crippen LogP contribution in [0.5, 0.6) is 0 Å². The van der Waals surface area contributed by atoms with E-state index in [9.17, 15) is 9.18 Å². The zero-order valence-corrected chi connectivity index (χ0v) is 11.9. The molecule has 1 N–H and O–H groups in total. The fourth-order valence-electron chi connectivity index (χ4n) is 1.70. The molecule has 1 amide bonds. The topological polar surface area (TPSA) is 29.1 Å². The van der Waals surface area contributed by atoms with Gasteiger partial charge in [-0.1, -0.05) is 31.5 Å². The highest BCUT2D eigenvalue weighted by atomic mass is 35.5. The van der Waals surface area contributed by atoms with Crippen LogP contribution in [0.25, 0.3) is 0 Å². The van der Waals surface area contributed by atoms with Gasteiger partial charge in [-0.3, -0.25) is 4.79 Å². The van der Waals surface area contributed by atoms with Crippen molar-refractivity contribution in [3.8, 4) is 0 Å². The first-order valence-corrected chi connectivity index (χ1v) is 6.67. The minimum Gasteiger partial charge on any atom is -0.348 e. The van der Waals surface area contributed by atoms with Crippen LogP contribution in [0, 0.1) is 11.7 Å². The number of amides is 1. The van der Waals surface area contributed by atoms with Gasteiger partial charge in [0, 0.05) is 11.9 Å². The van der Waals surface area contributed by atoms with E-state index < -0.39 is 11.7 Å². The molecule has 0 saturated carbocycles. The van der Waals surface area contributed by atoms with Gasteiger partial charge in [0.05, 0.1) is 10.6 Å². The summed E-state index contributed by atoms with van der Waals surface area (Å²) in [6, 6.07) is 3.97. The summed E-state index contributed by atoms with van der Waals surface area (Å²) >= 11 is 11.6. The zero-order chi connectivity index (χ0) is 13.7. The molecule has 0 fully saturated rings. The van der Waals surface area contributed by atoms with Crippen molar-refractivity contribution in [3.63, 3.8) is 0 Å². The van der Waals surface area contributed by atoms with E-state index in [2.05, 4.69) is 5.32 Å². The first-order chi connectivity index (χ1) is 8.45. The largest absolute Gasteiger partial charge is 0.348 e. The molecule has 1 aromatic rings. The number of carbonyl (C=O) groups is 1. The molecular formula is C13H16Cl2FNO. The van der Waals surface area contributed by atoms with Crippen molar-refractivity contribution in [3.05, 3.63) is 34.6 Å². The van der Waals surface area contributed by atoms with Gasteiger partial charge in [-0.2, -0.15) is 0 Å². The Morgan fingerprint density at radius 3 is 2.61 bits per heavy atom. The predicted molar refractivity (Wildman–Crippen MR) is 72.8 cm³/mol. The predicted octanol–water partition coefficient (Wildman–Crippen LogP) is 3.86. The van der Waals surface area contributed by atoms with E-state index in [1.807, 2.05) is 13.8 Å². The number of alkyl halides is 1. The van der Waals surface area contributed by atoms with E-state index >= 15 is 0 Å². The standard InChI is InChI=1S/C13H16Cl2FNO/c1-8(2)6-9(7-14)17-13(18)12-10(15)4-3-5-11(12)16/h3-5,8-9H,6-7H2,1-2H3,(H,17,18). The summed E-state index contributed by atoms with van der Waals surface area (Å²) in [6.07, 6.45) is 0.737. The third-order valence-electron chi connectivity index (χ3n) is 2.47. The minimum absolute atomic E-state index is 0.102. The summed E-state index contributed by atoms with van der Waals surface area (Å²) in [4.78, 5) is 11.9. The van der Waals surface area contributed by atoms with Gasteiger partial charge >= 0.3 is 0 Å². The number of halogens is 3. The Balaban J connectivity index is 2.81. The molecule has 2 nitrogen and oxygen atoms in total. The average molecular weight is 292 g/mol. The van der Waals surface area contributed by atoms with Crippen LogP contribution < -0.4 is 5.32 Å². The lowest BCUT2D eigenvalue weighted by Gasteiger charge is -2.18. The van der Waals surface area contributed by atoms with E-state index in [-0.39, 0.29) is 22.5 Å². The molecule has 1 atom stereocenters. The number of benzene rings is 1. The van der Waals surface area contributed by atoms with Crippen molar-refractivity contribution < 1.29 is 9.18 Å². The van der Waals surface area contributed by atoms with E-state index in [1.54, 1.807) is 0 Å². The minimum atomic E-state index is -0.627. The number of nitrogens with one attached hydrogen (secondary N) is 1. The quantitative estimate of drug-likeness (QED) is 0.820. The van der Waals surface area contributed by atoms with Crippen molar-refractivity contribution in [2.75, 3.05) is 5.88 Å². The normalized spacial score (nSPS) is 12.6. The Labute approximate surface area is 116 Å². The molecule has 100 valence electrons. The van der Waals surface area contributed by atoms with Gasteiger partial charge in [0.1, 0.15) is 5.82 Å². The fraction of sp³-hybridized carbons (Fsp3) is 0.462. The molecule has 0 aromatic heterocycles. The summed E-state index contributed by atoms with van der Waals surface area (Å²) in [6.45, 7) is 4.06. The first-order valence-electron chi connectivity index (χ1n) is 5.76. The Morgan fingerprint density at radius 2 is 2.11 bits per heavy atom. The molecule has 18 heavy (non-hydrogen) atoms. The van der Waals surface area contributed by atoms with Crippen molar-refractivity contribution >= 4 is 29.1 Å².